The van der Waals surface area contributed by atoms with Gasteiger partial charge in [-0.3, -0.25) is 0 Å². The smallest absolute Gasteiger partial charge is 0.187 e. The lowest BCUT2D eigenvalue weighted by Crippen LogP contribution is -1.95. The van der Waals surface area contributed by atoms with Crippen LogP contribution in [0.3, 0.4) is 0 Å². The van der Waals surface area contributed by atoms with Crippen molar-refractivity contribution < 1.29 is 0 Å². The Bertz CT molecular complexity index is 2710. The van der Waals surface area contributed by atoms with Crippen LogP contribution in [-0.4, -0.2) is 9.97 Å². The van der Waals surface area contributed by atoms with E-state index in [1.165, 1.54) is 21.5 Å². The van der Waals surface area contributed by atoms with E-state index < -0.39 is 0 Å². The standard InChI is InChI=1S/C49H31N3/c1-50-44-26-24-35(25-27-44)46-31-43(30-41-14-8-9-15-45(41)46)40-23-19-34-18-22-39(28-42(34)29-40)33-16-20-37(21-17-33)48-32-47(36-10-4-2-5-11-36)51-49(52-48)38-12-6-3-7-13-38/h2-32H. The Balaban J connectivity index is 1.07. The molecule has 8 aromatic carbocycles. The van der Waals surface area contributed by atoms with E-state index in [0.29, 0.717) is 11.5 Å². The van der Waals surface area contributed by atoms with Crippen molar-refractivity contribution in [3.8, 4) is 67.3 Å². The molecule has 3 nitrogen and oxygen atoms in total. The van der Waals surface area contributed by atoms with Crippen molar-refractivity contribution in [2.24, 2.45) is 0 Å². The highest BCUT2D eigenvalue weighted by molar-refractivity contribution is 6.01. The van der Waals surface area contributed by atoms with Gasteiger partial charge in [0.25, 0.3) is 0 Å². The van der Waals surface area contributed by atoms with E-state index in [-0.39, 0.29) is 0 Å². The van der Waals surface area contributed by atoms with Crippen molar-refractivity contribution in [1.29, 1.82) is 0 Å². The molecule has 0 aliphatic rings. The average molecular weight is 662 g/mol. The van der Waals surface area contributed by atoms with Crippen LogP contribution < -0.4 is 0 Å². The molecule has 0 spiro atoms. The van der Waals surface area contributed by atoms with Gasteiger partial charge in [-0.1, -0.05) is 158 Å². The van der Waals surface area contributed by atoms with E-state index >= 15 is 0 Å². The Morgan fingerprint density at radius 1 is 0.346 bits per heavy atom. The Morgan fingerprint density at radius 3 is 1.54 bits per heavy atom. The number of hydrogen-bond donors (Lipinski definition) is 0. The van der Waals surface area contributed by atoms with E-state index in [1.807, 2.05) is 60.7 Å². The van der Waals surface area contributed by atoms with Gasteiger partial charge in [-0.05, 0) is 85.3 Å². The summed E-state index contributed by atoms with van der Waals surface area (Å²) in [5, 5.41) is 4.77. The first-order valence-corrected chi connectivity index (χ1v) is 17.3. The van der Waals surface area contributed by atoms with Gasteiger partial charge in [0.15, 0.2) is 11.5 Å². The topological polar surface area (TPSA) is 30.1 Å². The van der Waals surface area contributed by atoms with Gasteiger partial charge in [-0.2, -0.15) is 0 Å². The second-order valence-electron chi connectivity index (χ2n) is 13.0. The summed E-state index contributed by atoms with van der Waals surface area (Å²) in [7, 11) is 0. The Labute approximate surface area is 303 Å². The fourth-order valence-corrected chi connectivity index (χ4v) is 6.94. The summed E-state index contributed by atoms with van der Waals surface area (Å²) in [6.45, 7) is 7.37. The third kappa shape index (κ3) is 6.00. The van der Waals surface area contributed by atoms with Crippen LogP contribution in [0, 0.1) is 6.57 Å². The lowest BCUT2D eigenvalue weighted by atomic mass is 9.92. The van der Waals surface area contributed by atoms with Gasteiger partial charge in [0, 0.05) is 16.7 Å². The zero-order valence-electron chi connectivity index (χ0n) is 28.2. The van der Waals surface area contributed by atoms with Crippen LogP contribution in [0.2, 0.25) is 0 Å². The van der Waals surface area contributed by atoms with Crippen LogP contribution in [-0.2, 0) is 0 Å². The first-order chi connectivity index (χ1) is 25.7. The van der Waals surface area contributed by atoms with Gasteiger partial charge in [0.2, 0.25) is 0 Å². The zero-order chi connectivity index (χ0) is 34.9. The summed E-state index contributed by atoms with van der Waals surface area (Å²) in [6, 6.07) is 65.5. The second-order valence-corrected chi connectivity index (χ2v) is 13.0. The summed E-state index contributed by atoms with van der Waals surface area (Å²) in [5.74, 6) is 0.711. The molecule has 52 heavy (non-hydrogen) atoms. The number of benzene rings is 8. The molecule has 9 aromatic rings. The van der Waals surface area contributed by atoms with Crippen molar-refractivity contribution in [3.63, 3.8) is 0 Å². The van der Waals surface area contributed by atoms with Crippen LogP contribution in [0.25, 0.3) is 93.7 Å². The van der Waals surface area contributed by atoms with Gasteiger partial charge < -0.3 is 0 Å². The molecule has 9 rings (SSSR count). The fraction of sp³-hybridized carbons (Fsp3) is 0. The average Bonchev–Trinajstić information content (AvgIpc) is 3.23. The van der Waals surface area contributed by atoms with E-state index in [1.54, 1.807) is 0 Å². The van der Waals surface area contributed by atoms with Crippen LogP contribution >= 0.6 is 0 Å². The van der Waals surface area contributed by atoms with Gasteiger partial charge in [-0.15, -0.1) is 0 Å². The van der Waals surface area contributed by atoms with Crippen LogP contribution in [0.5, 0.6) is 0 Å². The molecule has 3 heteroatoms. The molecular formula is C49H31N3. The molecule has 1 heterocycles. The highest BCUT2D eigenvalue weighted by Gasteiger charge is 2.12. The molecule has 0 radical (unpaired) electrons. The molecule has 242 valence electrons. The SMILES string of the molecule is [C-]#[N+]c1ccc(-c2cc(-c3ccc4ccc(-c5ccc(-c6cc(-c7ccccc7)nc(-c7ccccc7)n6)cc5)cc4c3)cc3ccccc23)cc1. The predicted octanol–water partition coefficient (Wildman–Crippen LogP) is 13.3. The molecule has 0 unspecified atom stereocenters. The molecule has 0 aliphatic carbocycles. The Hall–Kier alpha value is -7.15. The molecular weight excluding hydrogens is 631 g/mol. The lowest BCUT2D eigenvalue weighted by Gasteiger charge is -2.13. The highest BCUT2D eigenvalue weighted by atomic mass is 14.9. The number of rotatable bonds is 6. The second kappa shape index (κ2) is 13.3. The predicted molar refractivity (Wildman–Crippen MR) is 216 cm³/mol. The molecule has 0 saturated heterocycles. The first-order valence-electron chi connectivity index (χ1n) is 17.3. The number of hydrogen-bond acceptors (Lipinski definition) is 2. The molecule has 0 saturated carbocycles. The molecule has 0 amide bonds. The first kappa shape index (κ1) is 30.9. The normalized spacial score (nSPS) is 11.1. The Morgan fingerprint density at radius 2 is 0.865 bits per heavy atom. The third-order valence-electron chi connectivity index (χ3n) is 9.68. The maximum absolute atomic E-state index is 7.37. The molecule has 0 fully saturated rings. The van der Waals surface area contributed by atoms with Crippen molar-refractivity contribution >= 4 is 27.2 Å². The van der Waals surface area contributed by atoms with Gasteiger partial charge >= 0.3 is 0 Å². The van der Waals surface area contributed by atoms with E-state index in [0.717, 1.165) is 61.5 Å². The summed E-state index contributed by atoms with van der Waals surface area (Å²) in [6.07, 6.45) is 0. The van der Waals surface area contributed by atoms with Crippen molar-refractivity contribution in [2.75, 3.05) is 0 Å². The number of fused-ring (bicyclic) bond motifs is 2. The van der Waals surface area contributed by atoms with Gasteiger partial charge in [0.05, 0.1) is 18.0 Å². The minimum atomic E-state index is 0.646. The van der Waals surface area contributed by atoms with Crippen molar-refractivity contribution in [1.82, 2.24) is 9.97 Å². The van der Waals surface area contributed by atoms with Crippen molar-refractivity contribution in [3.05, 3.63) is 199 Å². The van der Waals surface area contributed by atoms with E-state index in [9.17, 15) is 0 Å². The maximum atomic E-state index is 7.37. The lowest BCUT2D eigenvalue weighted by molar-refractivity contribution is 1.18. The van der Waals surface area contributed by atoms with Crippen LogP contribution in [0.4, 0.5) is 5.69 Å². The van der Waals surface area contributed by atoms with Crippen LogP contribution in [0.1, 0.15) is 0 Å². The molecule has 0 atom stereocenters. The van der Waals surface area contributed by atoms with Crippen molar-refractivity contribution in [2.45, 2.75) is 0 Å². The molecule has 1 aromatic heterocycles. The fourth-order valence-electron chi connectivity index (χ4n) is 6.94. The minimum absolute atomic E-state index is 0.646. The van der Waals surface area contributed by atoms with Gasteiger partial charge in [0.1, 0.15) is 0 Å². The number of aromatic nitrogens is 2. The minimum Gasteiger partial charge on any atom is -0.238 e. The summed E-state index contributed by atoms with van der Waals surface area (Å²) in [5.41, 5.74) is 12.4. The third-order valence-corrected chi connectivity index (χ3v) is 9.68. The van der Waals surface area contributed by atoms with E-state index in [2.05, 4.69) is 132 Å². The molecule has 0 bridgehead atoms. The zero-order valence-corrected chi connectivity index (χ0v) is 28.2. The van der Waals surface area contributed by atoms with Gasteiger partial charge in [-0.25, -0.2) is 14.8 Å². The molecule has 0 N–H and O–H groups in total. The monoisotopic (exact) mass is 661 g/mol. The largest absolute Gasteiger partial charge is 0.238 e. The van der Waals surface area contributed by atoms with E-state index in [4.69, 9.17) is 16.5 Å². The van der Waals surface area contributed by atoms with Crippen LogP contribution in [0.15, 0.2) is 188 Å². The summed E-state index contributed by atoms with van der Waals surface area (Å²) >= 11 is 0. The maximum Gasteiger partial charge on any atom is 0.187 e. The Kier molecular flexibility index (Phi) is 7.89. The number of nitrogens with zero attached hydrogens (tertiary/aromatic N) is 3. The highest BCUT2D eigenvalue weighted by Crippen LogP contribution is 2.37. The summed E-state index contributed by atoms with van der Waals surface area (Å²) in [4.78, 5) is 13.5. The molecule has 0 aliphatic heterocycles. The summed E-state index contributed by atoms with van der Waals surface area (Å²) < 4.78 is 0. The quantitative estimate of drug-likeness (QED) is 0.166.